The van der Waals surface area contributed by atoms with E-state index in [1.54, 1.807) is 0 Å². The van der Waals surface area contributed by atoms with Crippen LogP contribution in [-0.2, 0) is 5.91 Å². The molecular formula is C10H9N5O4. The van der Waals surface area contributed by atoms with Crippen molar-refractivity contribution in [3.8, 4) is 11.8 Å². The minimum absolute atomic E-state index is 0.209. The molecule has 2 rings (SSSR count). The van der Waals surface area contributed by atoms with Crippen LogP contribution in [0.15, 0.2) is 23.1 Å². The molecule has 6 N–H and O–H groups in total. The largest absolute Gasteiger partial charge is 0.500 e. The highest BCUT2D eigenvalue weighted by molar-refractivity contribution is 5.42. The van der Waals surface area contributed by atoms with Crippen LogP contribution in [-0.4, -0.2) is 30.1 Å². The van der Waals surface area contributed by atoms with Crippen LogP contribution < -0.4 is 11.3 Å². The molecule has 0 saturated carbocycles. The van der Waals surface area contributed by atoms with Crippen LogP contribution in [0.4, 0.5) is 5.82 Å². The van der Waals surface area contributed by atoms with E-state index >= 15 is 0 Å². The van der Waals surface area contributed by atoms with Gasteiger partial charge in [0.2, 0.25) is 5.75 Å². The molecule has 2 aromatic heterocycles. The second-order valence-electron chi connectivity index (χ2n) is 3.69. The Morgan fingerprint density at radius 3 is 2.58 bits per heavy atom. The van der Waals surface area contributed by atoms with Crippen molar-refractivity contribution in [1.29, 1.82) is 5.26 Å². The number of hydrogen-bond acceptors (Lipinski definition) is 7. The number of nitrogen functional groups attached to an aromatic ring is 1. The highest BCUT2D eigenvalue weighted by Gasteiger charge is 2.34. The smallest absolute Gasteiger partial charge is 0.315 e. The van der Waals surface area contributed by atoms with Crippen molar-refractivity contribution < 1.29 is 15.3 Å². The molecule has 9 nitrogen and oxygen atoms in total. The average molecular weight is 263 g/mol. The fourth-order valence-corrected chi connectivity index (χ4v) is 1.44. The summed E-state index contributed by atoms with van der Waals surface area (Å²) in [5.41, 5.74) is 4.02. The van der Waals surface area contributed by atoms with Gasteiger partial charge in [0, 0.05) is 6.20 Å². The monoisotopic (exact) mass is 263 g/mol. The molecule has 9 heteroatoms. The molecule has 0 bridgehead atoms. The Morgan fingerprint density at radius 1 is 1.47 bits per heavy atom. The third kappa shape index (κ3) is 1.90. The highest BCUT2D eigenvalue weighted by atomic mass is 16.5. The molecule has 98 valence electrons. The molecule has 0 amide bonds. The predicted octanol–water partition coefficient (Wildman–Crippen LogP) is -1.63. The maximum atomic E-state index is 11.5. The second kappa shape index (κ2) is 4.13. The first-order valence-corrected chi connectivity index (χ1v) is 4.99. The van der Waals surface area contributed by atoms with Crippen LogP contribution in [0.3, 0.4) is 0 Å². The van der Waals surface area contributed by atoms with E-state index in [0.29, 0.717) is 4.68 Å². The fraction of sp³-hybridized carbons (Fsp3) is 0.100. The molecule has 0 aliphatic rings. The van der Waals surface area contributed by atoms with Gasteiger partial charge in [0.1, 0.15) is 11.8 Å². The molecule has 0 aromatic carbocycles. The molecular weight excluding hydrogens is 254 g/mol. The normalized spacial score (nSPS) is 11.2. The van der Waals surface area contributed by atoms with E-state index in [1.165, 1.54) is 6.07 Å². The second-order valence-corrected chi connectivity index (χ2v) is 3.69. The Labute approximate surface area is 105 Å². The van der Waals surface area contributed by atoms with Crippen molar-refractivity contribution in [3.05, 3.63) is 39.9 Å². The number of nitriles is 1. The van der Waals surface area contributed by atoms with Crippen molar-refractivity contribution in [1.82, 2.24) is 14.8 Å². The number of pyridine rings is 1. The summed E-state index contributed by atoms with van der Waals surface area (Å²) in [6, 6.07) is 4.25. The van der Waals surface area contributed by atoms with Crippen molar-refractivity contribution in [3.63, 3.8) is 0 Å². The quantitative estimate of drug-likeness (QED) is 0.406. The number of H-pyrrole nitrogens is 1. The first-order chi connectivity index (χ1) is 8.87. The van der Waals surface area contributed by atoms with E-state index in [2.05, 4.69) is 10.1 Å². The minimum Gasteiger partial charge on any atom is -0.500 e. The Bertz CT molecular complexity index is 707. The molecule has 2 heterocycles. The van der Waals surface area contributed by atoms with Gasteiger partial charge in [0.05, 0.1) is 5.56 Å². The zero-order chi connectivity index (χ0) is 14.2. The number of hydrogen-bond donors (Lipinski definition) is 5. The Hall–Kier alpha value is -2.83. The van der Waals surface area contributed by atoms with E-state index in [0.717, 1.165) is 12.3 Å². The van der Waals surface area contributed by atoms with Crippen LogP contribution in [0.25, 0.3) is 0 Å². The van der Waals surface area contributed by atoms with Gasteiger partial charge >= 0.3 is 11.5 Å². The molecule has 0 atom stereocenters. The number of nitrogens with zero attached hydrogens (tertiary/aromatic N) is 3. The lowest BCUT2D eigenvalue weighted by molar-refractivity contribution is -0.205. The molecule has 0 radical (unpaired) electrons. The number of aromatic amines is 1. The zero-order valence-electron chi connectivity index (χ0n) is 9.40. The summed E-state index contributed by atoms with van der Waals surface area (Å²) in [7, 11) is 0. The summed E-state index contributed by atoms with van der Waals surface area (Å²) in [4.78, 5) is 15.2. The number of nitrogens with two attached hydrogens (primary N) is 1. The molecule has 0 aliphatic carbocycles. The van der Waals surface area contributed by atoms with E-state index in [1.807, 2.05) is 6.07 Å². The van der Waals surface area contributed by atoms with Crippen LogP contribution in [0, 0.1) is 11.3 Å². The van der Waals surface area contributed by atoms with Gasteiger partial charge < -0.3 is 21.1 Å². The number of anilines is 1. The zero-order valence-corrected chi connectivity index (χ0v) is 9.40. The third-order valence-electron chi connectivity index (χ3n) is 2.44. The maximum absolute atomic E-state index is 11.5. The fourth-order valence-electron chi connectivity index (χ4n) is 1.44. The topological polar surface area (TPSA) is 161 Å². The molecule has 0 spiro atoms. The van der Waals surface area contributed by atoms with Gasteiger partial charge in [-0.2, -0.15) is 9.94 Å². The Balaban J connectivity index is 2.55. The molecule has 0 saturated heterocycles. The number of aromatic hydroxyl groups is 1. The summed E-state index contributed by atoms with van der Waals surface area (Å²) >= 11 is 0. The van der Waals surface area contributed by atoms with Crippen molar-refractivity contribution in [2.24, 2.45) is 0 Å². The van der Waals surface area contributed by atoms with E-state index in [9.17, 15) is 20.1 Å². The van der Waals surface area contributed by atoms with Gasteiger partial charge in [-0.15, -0.1) is 0 Å². The summed E-state index contributed by atoms with van der Waals surface area (Å²) in [5, 5.41) is 39.8. The van der Waals surface area contributed by atoms with E-state index < -0.39 is 23.0 Å². The Morgan fingerprint density at radius 2 is 2.16 bits per heavy atom. The summed E-state index contributed by atoms with van der Waals surface area (Å²) in [5.74, 6) is -4.08. The predicted molar refractivity (Wildman–Crippen MR) is 61.6 cm³/mol. The number of aliphatic hydroxyl groups is 2. The summed E-state index contributed by atoms with van der Waals surface area (Å²) in [6.07, 6.45) is 1.10. The molecule has 0 fully saturated rings. The van der Waals surface area contributed by atoms with Gasteiger partial charge in [0.25, 0.3) is 0 Å². The molecule has 0 unspecified atom stereocenters. The maximum Gasteiger partial charge on any atom is 0.315 e. The molecule has 19 heavy (non-hydrogen) atoms. The van der Waals surface area contributed by atoms with Crippen molar-refractivity contribution >= 4 is 5.82 Å². The SMILES string of the molecule is N#Cc1ccc(C(O)(O)n2[nH]c(N)c(O)c2=O)nc1. The lowest BCUT2D eigenvalue weighted by Crippen LogP contribution is -2.42. The number of nitrogens with one attached hydrogen (secondary N) is 1. The van der Waals surface area contributed by atoms with Crippen molar-refractivity contribution in [2.75, 3.05) is 5.73 Å². The van der Waals surface area contributed by atoms with E-state index in [-0.39, 0.29) is 11.3 Å². The van der Waals surface area contributed by atoms with Gasteiger partial charge in [-0.1, -0.05) is 0 Å². The minimum atomic E-state index is -2.83. The van der Waals surface area contributed by atoms with Crippen LogP contribution in [0.2, 0.25) is 0 Å². The van der Waals surface area contributed by atoms with Gasteiger partial charge in [0.15, 0.2) is 5.82 Å². The standard InChI is InChI=1S/C10H9N5O4/c11-3-5-1-2-6(13-4-5)10(18,19)15-9(17)7(16)8(12)14-15/h1-2,4,14,16,18-19H,12H2. The van der Waals surface area contributed by atoms with Crippen LogP contribution >= 0.6 is 0 Å². The van der Waals surface area contributed by atoms with Crippen molar-refractivity contribution in [2.45, 2.75) is 5.91 Å². The van der Waals surface area contributed by atoms with E-state index in [4.69, 9.17) is 11.0 Å². The van der Waals surface area contributed by atoms with Gasteiger partial charge in [-0.25, -0.2) is 0 Å². The number of rotatable bonds is 2. The summed E-state index contributed by atoms with van der Waals surface area (Å²) in [6.45, 7) is 0. The first kappa shape index (κ1) is 12.6. The summed E-state index contributed by atoms with van der Waals surface area (Å²) < 4.78 is 0.312. The molecule has 0 aliphatic heterocycles. The number of aromatic nitrogens is 3. The third-order valence-corrected chi connectivity index (χ3v) is 2.44. The highest BCUT2D eigenvalue weighted by Crippen LogP contribution is 2.20. The average Bonchev–Trinajstić information content (AvgIpc) is 2.67. The molecule has 2 aromatic rings. The first-order valence-electron chi connectivity index (χ1n) is 4.99. The van der Waals surface area contributed by atoms with Crippen LogP contribution in [0.5, 0.6) is 5.75 Å². The van der Waals surface area contributed by atoms with Gasteiger partial charge in [-0.3, -0.25) is 14.9 Å². The lowest BCUT2D eigenvalue weighted by Gasteiger charge is -2.20. The lowest BCUT2D eigenvalue weighted by atomic mass is 10.2. The Kier molecular flexibility index (Phi) is 2.74. The van der Waals surface area contributed by atoms with Crippen LogP contribution in [0.1, 0.15) is 11.3 Å². The van der Waals surface area contributed by atoms with Gasteiger partial charge in [-0.05, 0) is 12.1 Å².